The lowest BCUT2D eigenvalue weighted by Gasteiger charge is -2.26. The summed E-state index contributed by atoms with van der Waals surface area (Å²) in [6, 6.07) is 8.20. The SMILES string of the molecule is Cc1nc2nc(CN)nn2c(C)c1CCC(=O)Nc1ccc(CN2CCCCC2)cc1. The minimum absolute atomic E-state index is 0.0103. The highest BCUT2D eigenvalue weighted by Gasteiger charge is 2.15. The second-order valence-electron chi connectivity index (χ2n) is 8.29. The zero-order valence-electron chi connectivity index (χ0n) is 18.4. The fourth-order valence-electron chi connectivity index (χ4n) is 4.23. The van der Waals surface area contributed by atoms with Crippen molar-refractivity contribution in [1.82, 2.24) is 24.5 Å². The van der Waals surface area contributed by atoms with E-state index in [9.17, 15) is 4.79 Å². The van der Waals surface area contributed by atoms with E-state index in [2.05, 4.69) is 37.4 Å². The third kappa shape index (κ3) is 5.08. The highest BCUT2D eigenvalue weighted by atomic mass is 16.1. The van der Waals surface area contributed by atoms with Gasteiger partial charge in [-0.2, -0.15) is 4.98 Å². The molecule has 1 amide bonds. The molecule has 1 aliphatic rings. The molecule has 8 nitrogen and oxygen atoms in total. The number of rotatable bonds is 7. The molecule has 3 heterocycles. The second kappa shape index (κ2) is 9.53. The third-order valence-electron chi connectivity index (χ3n) is 5.97. The van der Waals surface area contributed by atoms with Crippen molar-refractivity contribution in [2.45, 2.75) is 59.0 Å². The number of anilines is 1. The fourth-order valence-corrected chi connectivity index (χ4v) is 4.23. The molecular formula is C23H31N7O. The van der Waals surface area contributed by atoms with Gasteiger partial charge in [0.25, 0.3) is 5.78 Å². The van der Waals surface area contributed by atoms with Crippen molar-refractivity contribution in [2.75, 3.05) is 18.4 Å². The number of carbonyl (C=O) groups excluding carboxylic acids is 1. The van der Waals surface area contributed by atoms with Gasteiger partial charge in [0.15, 0.2) is 5.82 Å². The molecule has 8 heteroatoms. The number of benzene rings is 1. The molecule has 3 aromatic rings. The molecule has 0 saturated carbocycles. The number of aromatic nitrogens is 4. The highest BCUT2D eigenvalue weighted by molar-refractivity contribution is 5.90. The molecular weight excluding hydrogens is 390 g/mol. The molecule has 1 aromatic carbocycles. The molecule has 164 valence electrons. The Bertz CT molecular complexity index is 1050. The Hall–Kier alpha value is -2.84. The van der Waals surface area contributed by atoms with Gasteiger partial charge in [-0.25, -0.2) is 9.50 Å². The van der Waals surface area contributed by atoms with Crippen LogP contribution in [0.25, 0.3) is 5.78 Å². The summed E-state index contributed by atoms with van der Waals surface area (Å²) in [6.45, 7) is 7.54. The lowest BCUT2D eigenvalue weighted by atomic mass is 10.1. The zero-order chi connectivity index (χ0) is 21.8. The van der Waals surface area contributed by atoms with Crippen molar-refractivity contribution < 1.29 is 4.79 Å². The average Bonchev–Trinajstić information content (AvgIpc) is 3.19. The van der Waals surface area contributed by atoms with Gasteiger partial charge in [0, 0.05) is 30.0 Å². The quantitative estimate of drug-likeness (QED) is 0.608. The van der Waals surface area contributed by atoms with E-state index in [0.717, 1.165) is 29.2 Å². The smallest absolute Gasteiger partial charge is 0.252 e. The minimum atomic E-state index is -0.0103. The number of fused-ring (bicyclic) bond motifs is 1. The third-order valence-corrected chi connectivity index (χ3v) is 5.97. The minimum Gasteiger partial charge on any atom is -0.326 e. The molecule has 1 fully saturated rings. The van der Waals surface area contributed by atoms with Crippen molar-refractivity contribution in [3.63, 3.8) is 0 Å². The first-order valence-corrected chi connectivity index (χ1v) is 11.1. The maximum Gasteiger partial charge on any atom is 0.252 e. The molecule has 1 saturated heterocycles. The normalized spacial score (nSPS) is 14.8. The van der Waals surface area contributed by atoms with E-state index < -0.39 is 0 Å². The van der Waals surface area contributed by atoms with Gasteiger partial charge in [-0.15, -0.1) is 5.10 Å². The van der Waals surface area contributed by atoms with Crippen LogP contribution in [0.4, 0.5) is 5.69 Å². The topological polar surface area (TPSA) is 101 Å². The average molecular weight is 422 g/mol. The summed E-state index contributed by atoms with van der Waals surface area (Å²) in [5.41, 5.74) is 10.6. The predicted octanol–water partition coefficient (Wildman–Crippen LogP) is 2.76. The monoisotopic (exact) mass is 421 g/mol. The Balaban J connectivity index is 1.35. The largest absolute Gasteiger partial charge is 0.326 e. The maximum atomic E-state index is 12.5. The molecule has 0 atom stereocenters. The van der Waals surface area contributed by atoms with Crippen LogP contribution in [0, 0.1) is 13.8 Å². The van der Waals surface area contributed by atoms with Crippen LogP contribution in [0.15, 0.2) is 24.3 Å². The number of nitrogens with two attached hydrogens (primary N) is 1. The Kier molecular flexibility index (Phi) is 6.58. The van der Waals surface area contributed by atoms with E-state index in [0.29, 0.717) is 24.4 Å². The summed E-state index contributed by atoms with van der Waals surface area (Å²) in [5, 5.41) is 7.40. The number of likely N-dealkylation sites (tertiary alicyclic amines) is 1. The van der Waals surface area contributed by atoms with E-state index >= 15 is 0 Å². The van der Waals surface area contributed by atoms with Gasteiger partial charge in [0.2, 0.25) is 5.91 Å². The number of hydrogen-bond donors (Lipinski definition) is 2. The summed E-state index contributed by atoms with van der Waals surface area (Å²) >= 11 is 0. The van der Waals surface area contributed by atoms with Crippen LogP contribution in [0.3, 0.4) is 0 Å². The molecule has 3 N–H and O–H groups in total. The van der Waals surface area contributed by atoms with Crippen LogP contribution in [-0.4, -0.2) is 43.5 Å². The van der Waals surface area contributed by atoms with Crippen molar-refractivity contribution >= 4 is 17.4 Å². The summed E-state index contributed by atoms with van der Waals surface area (Å²) in [7, 11) is 0. The first kappa shape index (κ1) is 21.4. The maximum absolute atomic E-state index is 12.5. The summed E-state index contributed by atoms with van der Waals surface area (Å²) in [5.74, 6) is 1.10. The Morgan fingerprint density at radius 3 is 2.55 bits per heavy atom. The van der Waals surface area contributed by atoms with Crippen LogP contribution < -0.4 is 11.1 Å². The van der Waals surface area contributed by atoms with E-state index in [4.69, 9.17) is 5.73 Å². The van der Waals surface area contributed by atoms with Crippen molar-refractivity contribution in [3.05, 3.63) is 52.6 Å². The first-order valence-electron chi connectivity index (χ1n) is 11.1. The van der Waals surface area contributed by atoms with Crippen LogP contribution in [0.2, 0.25) is 0 Å². The highest BCUT2D eigenvalue weighted by Crippen LogP contribution is 2.18. The van der Waals surface area contributed by atoms with Gasteiger partial charge >= 0.3 is 0 Å². The number of hydrogen-bond acceptors (Lipinski definition) is 6. The summed E-state index contributed by atoms with van der Waals surface area (Å²) in [4.78, 5) is 23.9. The molecule has 0 unspecified atom stereocenters. The molecule has 4 rings (SSSR count). The van der Waals surface area contributed by atoms with Gasteiger partial charge < -0.3 is 11.1 Å². The first-order chi connectivity index (χ1) is 15.0. The predicted molar refractivity (Wildman–Crippen MR) is 121 cm³/mol. The van der Waals surface area contributed by atoms with Crippen molar-refractivity contribution in [2.24, 2.45) is 5.73 Å². The standard InChI is InChI=1S/C23H31N7O/c1-16-20(17(2)30-23(25-16)27-21(14-24)28-30)10-11-22(31)26-19-8-6-18(7-9-19)15-29-12-4-3-5-13-29/h6-9H,3-5,10-15,24H2,1-2H3,(H,26,31). The molecule has 0 spiro atoms. The molecule has 0 radical (unpaired) electrons. The number of nitrogens with zero attached hydrogens (tertiary/aromatic N) is 5. The second-order valence-corrected chi connectivity index (χ2v) is 8.29. The molecule has 31 heavy (non-hydrogen) atoms. The number of nitrogens with one attached hydrogen (secondary N) is 1. The van der Waals surface area contributed by atoms with Gasteiger partial charge in [-0.1, -0.05) is 18.6 Å². The lowest BCUT2D eigenvalue weighted by molar-refractivity contribution is -0.116. The van der Waals surface area contributed by atoms with E-state index in [-0.39, 0.29) is 12.5 Å². The molecule has 0 bridgehead atoms. The molecule has 2 aromatic heterocycles. The Morgan fingerprint density at radius 1 is 1.10 bits per heavy atom. The van der Waals surface area contributed by atoms with E-state index in [1.54, 1.807) is 4.52 Å². The lowest BCUT2D eigenvalue weighted by Crippen LogP contribution is -2.29. The van der Waals surface area contributed by atoms with E-state index in [1.165, 1.54) is 37.9 Å². The van der Waals surface area contributed by atoms with Crippen molar-refractivity contribution in [3.8, 4) is 0 Å². The number of aryl methyl sites for hydroxylation is 2. The summed E-state index contributed by atoms with van der Waals surface area (Å²) < 4.78 is 1.71. The fraction of sp³-hybridized carbons (Fsp3) is 0.478. The molecule has 0 aliphatic carbocycles. The Labute approximate surface area is 182 Å². The summed E-state index contributed by atoms with van der Waals surface area (Å²) in [6.07, 6.45) is 4.90. The Morgan fingerprint density at radius 2 is 1.84 bits per heavy atom. The molecule has 1 aliphatic heterocycles. The van der Waals surface area contributed by atoms with Crippen LogP contribution in [0.1, 0.15) is 54.0 Å². The van der Waals surface area contributed by atoms with Crippen LogP contribution >= 0.6 is 0 Å². The number of piperidine rings is 1. The zero-order valence-corrected chi connectivity index (χ0v) is 18.4. The van der Waals surface area contributed by atoms with Gasteiger partial charge in [-0.05, 0) is 69.5 Å². The van der Waals surface area contributed by atoms with Gasteiger partial charge in [0.05, 0.1) is 6.54 Å². The van der Waals surface area contributed by atoms with Crippen molar-refractivity contribution in [1.29, 1.82) is 0 Å². The number of carbonyl (C=O) groups is 1. The van der Waals surface area contributed by atoms with Crippen LogP contribution in [0.5, 0.6) is 0 Å². The van der Waals surface area contributed by atoms with Crippen LogP contribution in [-0.2, 0) is 24.3 Å². The van der Waals surface area contributed by atoms with Gasteiger partial charge in [0.1, 0.15) is 0 Å². The van der Waals surface area contributed by atoms with Gasteiger partial charge in [-0.3, -0.25) is 9.69 Å². The van der Waals surface area contributed by atoms with E-state index in [1.807, 2.05) is 26.0 Å². The number of amides is 1.